The number of esters is 2. The first-order chi connectivity index (χ1) is 35.3. The highest BCUT2D eigenvalue weighted by Gasteiger charge is 2.40. The van der Waals surface area contributed by atoms with Crippen LogP contribution >= 0.6 is 118 Å². The van der Waals surface area contributed by atoms with Gasteiger partial charge >= 0.3 is 11.9 Å². The van der Waals surface area contributed by atoms with Crippen molar-refractivity contribution in [3.05, 3.63) is 24.3 Å². The molecular weight excluding hydrogens is 1110 g/mol. The van der Waals surface area contributed by atoms with Crippen molar-refractivity contribution in [1.82, 2.24) is 0 Å². The fourth-order valence-electron chi connectivity index (χ4n) is 8.93. The standard InChI is InChI=1S/C14H22O2S2.C11H18O2S2.C10H18OS2.C7H14OS2.C6H10O.C4H8S2.C3H6O/c1-10(2)13(15)16-12-7-4-3-6-11(12)14-17-8-5-9-18-14;1-8(2)11(12)13-9(3)7-10-14-5-4-6-15-10;11-9-5-2-1-4-8(9)10-12-6-3-7-13-10;1-6(8)5-7-9-3-2-4-10-7;1-2-4-6-5(3-1)7-6;1-2-5-4-6-3-1;1-3-2-4-3/h11-12,14H,1,3-9H2,2H3;9-10H,1,4-7H2,2-3H3;8-11H,1-7H2;6-8H,2-5H2,1H3;5-6H,1-4H2;1-4H2;3H,2H2,1H3. The van der Waals surface area contributed by atoms with Gasteiger partial charge in [-0.25, -0.2) is 9.59 Å². The molecule has 0 aromatic heterocycles. The Morgan fingerprint density at radius 2 is 0.986 bits per heavy atom. The van der Waals surface area contributed by atoms with Crippen molar-refractivity contribution < 1.29 is 38.7 Å². The van der Waals surface area contributed by atoms with Gasteiger partial charge in [0.15, 0.2) is 0 Å². The van der Waals surface area contributed by atoms with Crippen LogP contribution in [0.2, 0.25) is 0 Å². The molecule has 0 amide bonds. The van der Waals surface area contributed by atoms with Crippen molar-refractivity contribution in [2.45, 2.75) is 218 Å². The lowest BCUT2D eigenvalue weighted by atomic mass is 9.87. The highest BCUT2D eigenvalue weighted by atomic mass is 32.2. The molecule has 8 nitrogen and oxygen atoms in total. The maximum Gasteiger partial charge on any atom is 0.333 e. The molecule has 10 fully saturated rings. The van der Waals surface area contributed by atoms with E-state index >= 15 is 0 Å². The first kappa shape index (κ1) is 67.3. The van der Waals surface area contributed by atoms with Crippen LogP contribution < -0.4 is 0 Å². The fraction of sp³-hybridized carbons (Fsp3) is 0.891. The smallest absolute Gasteiger partial charge is 0.333 e. The number of fused-ring (bicyclic) bond motifs is 1. The van der Waals surface area contributed by atoms with E-state index < -0.39 is 0 Å². The summed E-state index contributed by atoms with van der Waals surface area (Å²) in [6.45, 7) is 17.5. The van der Waals surface area contributed by atoms with Crippen molar-refractivity contribution >= 4 is 130 Å². The van der Waals surface area contributed by atoms with E-state index in [4.69, 9.17) is 24.1 Å². The molecule has 3 aliphatic carbocycles. The molecule has 424 valence electrons. The molecule has 73 heavy (non-hydrogen) atoms. The average Bonchev–Trinajstić information content (AvgIpc) is 4.37. The van der Waals surface area contributed by atoms with E-state index in [1.807, 2.05) is 60.9 Å². The zero-order valence-electron chi connectivity index (χ0n) is 45.3. The third-order valence-electron chi connectivity index (χ3n) is 13.2. The normalized spacial score (nSPS) is 30.2. The van der Waals surface area contributed by atoms with E-state index in [2.05, 4.69) is 90.7 Å². The molecule has 0 bridgehead atoms. The van der Waals surface area contributed by atoms with Gasteiger partial charge in [-0.2, -0.15) is 23.5 Å². The van der Waals surface area contributed by atoms with E-state index in [1.54, 1.807) is 13.8 Å². The predicted molar refractivity (Wildman–Crippen MR) is 336 cm³/mol. The predicted octanol–water partition coefficient (Wildman–Crippen LogP) is 15.2. The average molecular weight is 1210 g/mol. The van der Waals surface area contributed by atoms with Gasteiger partial charge in [-0.15, -0.1) is 94.1 Å². The second-order valence-electron chi connectivity index (χ2n) is 20.4. The number of carbonyl (C=O) groups excluding carboxylic acids is 2. The van der Waals surface area contributed by atoms with Crippen LogP contribution in [0.4, 0.5) is 0 Å². The molecule has 7 heterocycles. The first-order valence-electron chi connectivity index (χ1n) is 27.7. The van der Waals surface area contributed by atoms with E-state index in [0.717, 1.165) is 32.3 Å². The van der Waals surface area contributed by atoms with Gasteiger partial charge in [0.1, 0.15) is 12.2 Å². The Labute approximate surface area is 487 Å². The molecule has 0 spiro atoms. The van der Waals surface area contributed by atoms with Crippen LogP contribution in [-0.4, -0.2) is 152 Å². The Hall–Kier alpha value is 1.76. The highest BCUT2D eigenvalue weighted by molar-refractivity contribution is 8.19. The number of epoxide rings is 2. The summed E-state index contributed by atoms with van der Waals surface area (Å²) in [4.78, 5) is 23.0. The van der Waals surface area contributed by atoms with Gasteiger partial charge in [-0.1, -0.05) is 45.3 Å². The second-order valence-corrected chi connectivity index (χ2v) is 34.4. The number of thioether (sulfide) groups is 10. The molecule has 10 rings (SSSR count). The van der Waals surface area contributed by atoms with E-state index in [-0.39, 0.29) is 36.4 Å². The van der Waals surface area contributed by atoms with Crippen LogP contribution in [0.15, 0.2) is 24.3 Å². The summed E-state index contributed by atoms with van der Waals surface area (Å²) >= 11 is 20.3. The molecule has 0 aromatic rings. The summed E-state index contributed by atoms with van der Waals surface area (Å²) in [7, 11) is 0. The molecule has 9 unspecified atom stereocenters. The summed E-state index contributed by atoms with van der Waals surface area (Å²) in [6, 6.07) is 0. The maximum absolute atomic E-state index is 11.7. The minimum atomic E-state index is -0.270. The number of hydrogen-bond donors (Lipinski definition) is 2. The number of carbonyl (C=O) groups is 2. The third kappa shape index (κ3) is 31.5. The Morgan fingerprint density at radius 3 is 1.40 bits per heavy atom. The Bertz CT molecular complexity index is 1460. The number of hydrogen-bond acceptors (Lipinski definition) is 18. The van der Waals surface area contributed by atoms with Gasteiger partial charge in [-0.3, -0.25) is 0 Å². The van der Waals surface area contributed by atoms with Crippen LogP contribution in [0.5, 0.6) is 0 Å². The maximum atomic E-state index is 11.7. The summed E-state index contributed by atoms with van der Waals surface area (Å²) < 4.78 is 23.5. The van der Waals surface area contributed by atoms with Gasteiger partial charge in [0.2, 0.25) is 0 Å². The molecule has 0 aromatic carbocycles. The summed E-state index contributed by atoms with van der Waals surface area (Å²) in [5.41, 5.74) is 0.995. The first-order valence-corrected chi connectivity index (χ1v) is 38.4. The van der Waals surface area contributed by atoms with E-state index in [9.17, 15) is 14.7 Å². The zero-order chi connectivity index (χ0) is 52.6. The lowest BCUT2D eigenvalue weighted by Crippen LogP contribution is -2.36. The Morgan fingerprint density at radius 1 is 0.575 bits per heavy atom. The van der Waals surface area contributed by atoms with Crippen molar-refractivity contribution in [2.24, 2.45) is 11.8 Å². The van der Waals surface area contributed by atoms with E-state index in [0.29, 0.717) is 59.6 Å². The molecule has 2 N–H and O–H groups in total. The molecule has 3 saturated carbocycles. The van der Waals surface area contributed by atoms with E-state index in [1.165, 1.54) is 159 Å². The van der Waals surface area contributed by atoms with Crippen LogP contribution in [0, 0.1) is 11.8 Å². The lowest BCUT2D eigenvalue weighted by molar-refractivity contribution is -0.148. The zero-order valence-corrected chi connectivity index (χ0v) is 53.4. The number of aliphatic hydroxyl groups is 2. The molecule has 9 atom stereocenters. The van der Waals surface area contributed by atoms with Crippen LogP contribution in [0.3, 0.4) is 0 Å². The number of aliphatic hydroxyl groups excluding tert-OH is 2. The summed E-state index contributed by atoms with van der Waals surface area (Å²) in [5, 5.41) is 20.3. The van der Waals surface area contributed by atoms with Crippen molar-refractivity contribution in [1.29, 1.82) is 0 Å². The van der Waals surface area contributed by atoms with Crippen LogP contribution in [0.25, 0.3) is 0 Å². The van der Waals surface area contributed by atoms with Crippen molar-refractivity contribution in [2.75, 3.05) is 69.2 Å². The van der Waals surface area contributed by atoms with Crippen molar-refractivity contribution in [3.8, 4) is 0 Å². The SMILES string of the molecule is C1CCC2OC2C1.C1CSCSC1.C=C(C)C(=O)OC(C)CC1SCCCS1.C=C(C)C(=O)OC1CCCCC1C1SCCCS1.CC(O)CC1SCCCS1.CC1CO1.OC1CCCCC1C1SCCCS1. The third-order valence-corrected chi connectivity index (χ3v) is 28.1. The minimum Gasteiger partial charge on any atom is -0.459 e. The quantitative estimate of drug-likeness (QED) is 0.123. The molecule has 18 heteroatoms. The van der Waals surface area contributed by atoms with Crippen LogP contribution in [0.1, 0.15) is 157 Å². The summed E-state index contributed by atoms with van der Waals surface area (Å²) in [5.74, 6) is 13.6. The monoisotopic (exact) mass is 1200 g/mol. The van der Waals surface area contributed by atoms with Crippen LogP contribution in [-0.2, 0) is 28.5 Å². The minimum absolute atomic E-state index is 0.00250. The molecule has 7 saturated heterocycles. The lowest BCUT2D eigenvalue weighted by Gasteiger charge is -2.37. The van der Waals surface area contributed by atoms with Gasteiger partial charge in [-0.05, 0) is 176 Å². The largest absolute Gasteiger partial charge is 0.459 e. The fourth-order valence-corrected chi connectivity index (χ4v) is 24.2. The molecule has 10 aliphatic rings. The Balaban J connectivity index is 0.000000192. The molecular formula is C55H96O8S10. The highest BCUT2D eigenvalue weighted by Crippen LogP contribution is 2.44. The summed E-state index contributed by atoms with van der Waals surface area (Å²) in [6.07, 6.45) is 25.7. The Kier molecular flexibility index (Phi) is 37.6. The molecule has 0 radical (unpaired) electrons. The van der Waals surface area contributed by atoms with Gasteiger partial charge in [0.05, 0.1) is 55.5 Å². The number of ether oxygens (including phenoxy) is 4. The number of rotatable bonds is 10. The molecule has 7 aliphatic heterocycles. The van der Waals surface area contributed by atoms with Crippen molar-refractivity contribution in [3.63, 3.8) is 0 Å². The van der Waals surface area contributed by atoms with Gasteiger partial charge in [0.25, 0.3) is 0 Å². The van der Waals surface area contributed by atoms with Gasteiger partial charge < -0.3 is 29.2 Å². The topological polar surface area (TPSA) is 118 Å². The van der Waals surface area contributed by atoms with Gasteiger partial charge in [0, 0.05) is 34.5 Å². The second kappa shape index (κ2) is 40.9.